The van der Waals surface area contributed by atoms with Gasteiger partial charge < -0.3 is 14.4 Å². The Morgan fingerprint density at radius 3 is 2.61 bits per heavy atom. The van der Waals surface area contributed by atoms with E-state index in [9.17, 15) is 9.59 Å². The number of carbonyl (C=O) groups excluding carboxylic acids is 2. The van der Waals surface area contributed by atoms with Crippen LogP contribution in [0.5, 0.6) is 0 Å². The van der Waals surface area contributed by atoms with Crippen LogP contribution in [0.25, 0.3) is 0 Å². The van der Waals surface area contributed by atoms with E-state index in [1.165, 1.54) is 12.8 Å². The predicted octanol–water partition coefficient (Wildman–Crippen LogP) is 2.12. The molecule has 1 saturated heterocycles. The molecule has 1 aromatic rings. The topological polar surface area (TPSA) is 45.6 Å². The number of likely N-dealkylation sites (N-methyl/N-ethyl adjacent to an activating group) is 1. The summed E-state index contributed by atoms with van der Waals surface area (Å²) >= 11 is 1.65. The fourth-order valence-electron chi connectivity index (χ4n) is 3.16. The van der Waals surface area contributed by atoms with E-state index in [0.717, 1.165) is 29.4 Å². The summed E-state index contributed by atoms with van der Waals surface area (Å²) in [6, 6.07) is 1.65. The maximum absolute atomic E-state index is 13.0. The highest BCUT2D eigenvalue weighted by Gasteiger charge is 2.37. The zero-order valence-corrected chi connectivity index (χ0v) is 15.2. The smallest absolute Gasteiger partial charge is 0.257 e. The number of amides is 2. The summed E-state index contributed by atoms with van der Waals surface area (Å²) < 4.78 is 2.26. The molecule has 1 saturated carbocycles. The molecular weight excluding hydrogens is 310 g/mol. The van der Waals surface area contributed by atoms with E-state index in [4.69, 9.17) is 0 Å². The van der Waals surface area contributed by atoms with Crippen LogP contribution in [0.1, 0.15) is 34.6 Å². The number of thioether (sulfide) groups is 1. The van der Waals surface area contributed by atoms with E-state index in [-0.39, 0.29) is 17.9 Å². The molecule has 0 aromatic carbocycles. The first-order valence-corrected chi connectivity index (χ1v) is 9.32. The summed E-state index contributed by atoms with van der Waals surface area (Å²) in [4.78, 5) is 28.6. The van der Waals surface area contributed by atoms with Crippen molar-refractivity contribution < 1.29 is 9.59 Å². The zero-order chi connectivity index (χ0) is 16.7. The Hall–Kier alpha value is -1.43. The first kappa shape index (κ1) is 16.4. The Bertz CT molecular complexity index is 634. The van der Waals surface area contributed by atoms with Crippen molar-refractivity contribution in [1.82, 2.24) is 14.4 Å². The molecule has 3 rings (SSSR count). The Morgan fingerprint density at radius 2 is 2.00 bits per heavy atom. The second-order valence-corrected chi connectivity index (χ2v) is 7.86. The number of rotatable bonds is 4. The van der Waals surface area contributed by atoms with Gasteiger partial charge in [0, 0.05) is 37.8 Å². The fourth-order valence-corrected chi connectivity index (χ4v) is 4.30. The SMILES string of the molecule is Cc1cc(C(=O)N2CSC[C@@H]2C(=O)N(C)C)c(C)n1CC1CC1. The number of carbonyl (C=O) groups is 2. The fraction of sp³-hybridized carbons (Fsp3) is 0.647. The first-order valence-electron chi connectivity index (χ1n) is 8.16. The molecule has 0 N–H and O–H groups in total. The normalized spacial score (nSPS) is 20.9. The summed E-state index contributed by atoms with van der Waals surface area (Å²) in [5.74, 6) is 2.05. The van der Waals surface area contributed by atoms with Crippen molar-refractivity contribution in [1.29, 1.82) is 0 Å². The van der Waals surface area contributed by atoms with Crippen LogP contribution in [0.15, 0.2) is 6.07 Å². The van der Waals surface area contributed by atoms with E-state index in [1.807, 2.05) is 13.0 Å². The molecule has 1 aromatic heterocycles. The standard InChI is InChI=1S/C17H25N3O2S/c1-11-7-14(12(2)19(11)8-13-5-6-13)16(21)20-10-23-9-15(20)17(22)18(3)4/h7,13,15H,5-6,8-10H2,1-4H3/t15-/m1/s1. The van der Waals surface area contributed by atoms with E-state index < -0.39 is 0 Å². The Kier molecular flexibility index (Phi) is 4.45. The number of aryl methyl sites for hydroxylation is 1. The third-order valence-corrected chi connectivity index (χ3v) is 5.82. The van der Waals surface area contributed by atoms with E-state index >= 15 is 0 Å². The highest BCUT2D eigenvalue weighted by molar-refractivity contribution is 7.99. The maximum Gasteiger partial charge on any atom is 0.257 e. The van der Waals surface area contributed by atoms with Crippen LogP contribution in [-0.4, -0.2) is 57.9 Å². The molecule has 0 spiro atoms. The van der Waals surface area contributed by atoms with Gasteiger partial charge in [0.1, 0.15) is 6.04 Å². The predicted molar refractivity (Wildman–Crippen MR) is 92.6 cm³/mol. The van der Waals surface area contributed by atoms with Crippen LogP contribution in [0, 0.1) is 19.8 Å². The largest absolute Gasteiger partial charge is 0.348 e. The van der Waals surface area contributed by atoms with Gasteiger partial charge in [-0.3, -0.25) is 9.59 Å². The molecule has 1 aliphatic carbocycles. The summed E-state index contributed by atoms with van der Waals surface area (Å²) in [6.45, 7) is 5.10. The first-order chi connectivity index (χ1) is 10.9. The maximum atomic E-state index is 13.0. The highest BCUT2D eigenvalue weighted by atomic mass is 32.2. The molecule has 5 nitrogen and oxygen atoms in total. The molecule has 0 unspecified atom stereocenters. The molecule has 2 aliphatic rings. The Labute approximate surface area is 142 Å². The van der Waals surface area contributed by atoms with Gasteiger partial charge in [-0.1, -0.05) is 0 Å². The minimum Gasteiger partial charge on any atom is -0.348 e. The van der Waals surface area contributed by atoms with Crippen LogP contribution in [0.4, 0.5) is 0 Å². The third kappa shape index (κ3) is 3.13. The average Bonchev–Trinajstić information content (AvgIpc) is 3.12. The monoisotopic (exact) mass is 335 g/mol. The van der Waals surface area contributed by atoms with E-state index in [2.05, 4.69) is 11.5 Å². The Morgan fingerprint density at radius 1 is 1.30 bits per heavy atom. The average molecular weight is 335 g/mol. The van der Waals surface area contributed by atoms with Crippen LogP contribution in [-0.2, 0) is 11.3 Å². The number of hydrogen-bond acceptors (Lipinski definition) is 3. The van der Waals surface area contributed by atoms with Crippen molar-refractivity contribution in [2.24, 2.45) is 5.92 Å². The number of nitrogens with zero attached hydrogens (tertiary/aromatic N) is 3. The zero-order valence-electron chi connectivity index (χ0n) is 14.3. The second-order valence-electron chi connectivity index (χ2n) is 6.86. The van der Waals surface area contributed by atoms with Gasteiger partial charge in [-0.15, -0.1) is 11.8 Å². The van der Waals surface area contributed by atoms with Gasteiger partial charge in [0.2, 0.25) is 5.91 Å². The summed E-state index contributed by atoms with van der Waals surface area (Å²) in [7, 11) is 3.49. The van der Waals surface area contributed by atoms with Crippen molar-refractivity contribution in [3.63, 3.8) is 0 Å². The number of aromatic nitrogens is 1. The lowest BCUT2D eigenvalue weighted by atomic mass is 10.2. The van der Waals surface area contributed by atoms with Crippen molar-refractivity contribution in [2.75, 3.05) is 25.7 Å². The van der Waals surface area contributed by atoms with Gasteiger partial charge in [-0.2, -0.15) is 0 Å². The quantitative estimate of drug-likeness (QED) is 0.847. The minimum absolute atomic E-state index is 0.00894. The molecule has 1 atom stereocenters. The van der Waals surface area contributed by atoms with Crippen molar-refractivity contribution in [3.8, 4) is 0 Å². The summed E-state index contributed by atoms with van der Waals surface area (Å²) in [6.07, 6.45) is 2.59. The Balaban J connectivity index is 1.83. The molecule has 23 heavy (non-hydrogen) atoms. The van der Waals surface area contributed by atoms with Crippen molar-refractivity contribution >= 4 is 23.6 Å². The minimum atomic E-state index is -0.339. The van der Waals surface area contributed by atoms with Gasteiger partial charge in [0.15, 0.2) is 0 Å². The lowest BCUT2D eigenvalue weighted by molar-refractivity contribution is -0.132. The summed E-state index contributed by atoms with van der Waals surface area (Å²) in [5.41, 5.74) is 2.93. The van der Waals surface area contributed by atoms with Crippen LogP contribution in [0.2, 0.25) is 0 Å². The molecule has 2 fully saturated rings. The van der Waals surface area contributed by atoms with Crippen LogP contribution < -0.4 is 0 Å². The highest BCUT2D eigenvalue weighted by Crippen LogP contribution is 2.33. The van der Waals surface area contributed by atoms with Crippen LogP contribution >= 0.6 is 11.8 Å². The second kappa shape index (κ2) is 6.23. The van der Waals surface area contributed by atoms with Crippen molar-refractivity contribution in [2.45, 2.75) is 39.3 Å². The molecule has 126 valence electrons. The molecule has 2 heterocycles. The van der Waals surface area contributed by atoms with Crippen molar-refractivity contribution in [3.05, 3.63) is 23.0 Å². The number of hydrogen-bond donors (Lipinski definition) is 0. The van der Waals surface area contributed by atoms with Crippen LogP contribution in [0.3, 0.4) is 0 Å². The van der Waals surface area contributed by atoms with Gasteiger partial charge in [0.25, 0.3) is 5.91 Å². The molecule has 0 bridgehead atoms. The van der Waals surface area contributed by atoms with E-state index in [0.29, 0.717) is 11.6 Å². The molecule has 1 aliphatic heterocycles. The lowest BCUT2D eigenvalue weighted by Gasteiger charge is -2.25. The van der Waals surface area contributed by atoms with Gasteiger partial charge >= 0.3 is 0 Å². The van der Waals surface area contributed by atoms with Gasteiger partial charge in [-0.05, 0) is 38.7 Å². The van der Waals surface area contributed by atoms with E-state index in [1.54, 1.807) is 35.7 Å². The molecule has 0 radical (unpaired) electrons. The molecule has 6 heteroatoms. The lowest BCUT2D eigenvalue weighted by Crippen LogP contribution is -2.46. The summed E-state index contributed by atoms with van der Waals surface area (Å²) in [5, 5.41) is 0. The van der Waals surface area contributed by atoms with Gasteiger partial charge in [-0.25, -0.2) is 0 Å². The molecular formula is C17H25N3O2S. The molecule has 2 amide bonds. The third-order valence-electron chi connectivity index (χ3n) is 4.81. The van der Waals surface area contributed by atoms with Gasteiger partial charge in [0.05, 0.1) is 11.4 Å².